The first-order valence-corrected chi connectivity index (χ1v) is 10.5. The van der Waals surface area contributed by atoms with Crippen LogP contribution in [-0.4, -0.2) is 59.7 Å². The topological polar surface area (TPSA) is 60.7 Å². The van der Waals surface area contributed by atoms with Crippen molar-refractivity contribution in [1.29, 1.82) is 0 Å². The molecular formula is C24H30N4O2. The number of amides is 1. The third-order valence-corrected chi connectivity index (χ3v) is 6.04. The first-order valence-electron chi connectivity index (χ1n) is 10.5. The molecule has 158 valence electrons. The van der Waals surface area contributed by atoms with Crippen molar-refractivity contribution in [3.63, 3.8) is 0 Å². The molecule has 0 saturated heterocycles. The predicted molar refractivity (Wildman–Crippen MR) is 119 cm³/mol. The molecule has 0 bridgehead atoms. The van der Waals surface area contributed by atoms with E-state index >= 15 is 0 Å². The van der Waals surface area contributed by atoms with Gasteiger partial charge in [-0.25, -0.2) is 5.48 Å². The SMILES string of the molecule is CN(C)CCc1cccc2c1c1c(n2Cc2ccc(C(=O)NO)cc2)CCN(C)C1. The molecule has 1 aliphatic heterocycles. The lowest BCUT2D eigenvalue weighted by atomic mass is 9.99. The van der Waals surface area contributed by atoms with E-state index in [9.17, 15) is 4.79 Å². The zero-order valence-electron chi connectivity index (χ0n) is 18.0. The highest BCUT2D eigenvalue weighted by Gasteiger charge is 2.24. The fourth-order valence-corrected chi connectivity index (χ4v) is 4.46. The Balaban J connectivity index is 1.76. The van der Waals surface area contributed by atoms with Crippen molar-refractivity contribution in [2.45, 2.75) is 25.9 Å². The minimum Gasteiger partial charge on any atom is -0.340 e. The van der Waals surface area contributed by atoms with Crippen LogP contribution in [0.4, 0.5) is 0 Å². The standard InChI is InChI=1S/C24H30N4O2/c1-26(2)13-11-18-5-4-6-22-23(18)20-16-27(3)14-12-21(20)28(22)15-17-7-9-19(10-8-17)24(29)25-30/h4-10,30H,11-16H2,1-3H3,(H,25,29). The average molecular weight is 407 g/mol. The summed E-state index contributed by atoms with van der Waals surface area (Å²) in [6.45, 7) is 3.84. The lowest BCUT2D eigenvalue weighted by Gasteiger charge is -2.24. The second-order valence-corrected chi connectivity index (χ2v) is 8.50. The number of benzene rings is 2. The molecule has 0 unspecified atom stereocenters. The van der Waals surface area contributed by atoms with Crippen LogP contribution in [0.25, 0.3) is 10.9 Å². The van der Waals surface area contributed by atoms with E-state index in [0.29, 0.717) is 5.56 Å². The maximum absolute atomic E-state index is 11.6. The second kappa shape index (κ2) is 8.60. The number of nitrogens with zero attached hydrogens (tertiary/aromatic N) is 3. The number of carbonyl (C=O) groups is 1. The van der Waals surface area contributed by atoms with Gasteiger partial charge < -0.3 is 14.4 Å². The van der Waals surface area contributed by atoms with Crippen molar-refractivity contribution in [3.8, 4) is 0 Å². The first kappa shape index (κ1) is 20.6. The lowest BCUT2D eigenvalue weighted by molar-refractivity contribution is 0.0706. The smallest absolute Gasteiger partial charge is 0.274 e. The van der Waals surface area contributed by atoms with Gasteiger partial charge >= 0.3 is 0 Å². The van der Waals surface area contributed by atoms with Crippen LogP contribution < -0.4 is 5.48 Å². The van der Waals surface area contributed by atoms with E-state index in [2.05, 4.69) is 53.7 Å². The van der Waals surface area contributed by atoms with Crippen molar-refractivity contribution >= 4 is 16.8 Å². The molecule has 1 aliphatic rings. The highest BCUT2D eigenvalue weighted by atomic mass is 16.5. The lowest BCUT2D eigenvalue weighted by Crippen LogP contribution is -2.27. The van der Waals surface area contributed by atoms with Gasteiger partial charge in [-0.2, -0.15) is 0 Å². The summed E-state index contributed by atoms with van der Waals surface area (Å²) in [4.78, 5) is 16.2. The van der Waals surface area contributed by atoms with Crippen LogP contribution in [-0.2, 0) is 25.9 Å². The Morgan fingerprint density at radius 1 is 1.17 bits per heavy atom. The molecule has 6 heteroatoms. The number of hydrogen-bond donors (Lipinski definition) is 2. The Morgan fingerprint density at radius 3 is 2.63 bits per heavy atom. The molecule has 0 saturated carbocycles. The van der Waals surface area contributed by atoms with Crippen LogP contribution in [0.2, 0.25) is 0 Å². The van der Waals surface area contributed by atoms with Crippen molar-refractivity contribution < 1.29 is 10.0 Å². The molecule has 1 aromatic heterocycles. The molecular weight excluding hydrogens is 376 g/mol. The van der Waals surface area contributed by atoms with E-state index in [1.165, 1.54) is 27.7 Å². The summed E-state index contributed by atoms with van der Waals surface area (Å²) < 4.78 is 2.46. The molecule has 2 N–H and O–H groups in total. The van der Waals surface area contributed by atoms with Crippen molar-refractivity contribution in [3.05, 3.63) is 70.4 Å². The van der Waals surface area contributed by atoms with Crippen molar-refractivity contribution in [2.75, 3.05) is 34.2 Å². The molecule has 4 rings (SSSR count). The summed E-state index contributed by atoms with van der Waals surface area (Å²) in [6, 6.07) is 14.1. The summed E-state index contributed by atoms with van der Waals surface area (Å²) in [5.41, 5.74) is 8.89. The maximum Gasteiger partial charge on any atom is 0.274 e. The molecule has 0 atom stereocenters. The molecule has 0 radical (unpaired) electrons. The number of fused-ring (bicyclic) bond motifs is 3. The van der Waals surface area contributed by atoms with Crippen LogP contribution in [0.5, 0.6) is 0 Å². The quantitative estimate of drug-likeness (QED) is 0.488. The van der Waals surface area contributed by atoms with E-state index in [-0.39, 0.29) is 0 Å². The number of hydrogen-bond acceptors (Lipinski definition) is 4. The Kier molecular flexibility index (Phi) is 5.90. The number of rotatable bonds is 6. The Hall–Kier alpha value is -2.67. The van der Waals surface area contributed by atoms with Gasteiger partial charge in [-0.05, 0) is 62.5 Å². The molecule has 3 aromatic rings. The minimum atomic E-state index is -0.487. The van der Waals surface area contributed by atoms with Crippen LogP contribution in [0.3, 0.4) is 0 Å². The molecule has 30 heavy (non-hydrogen) atoms. The summed E-state index contributed by atoms with van der Waals surface area (Å²) in [5, 5.41) is 10.2. The molecule has 6 nitrogen and oxygen atoms in total. The summed E-state index contributed by atoms with van der Waals surface area (Å²) in [7, 11) is 6.43. The first-order chi connectivity index (χ1) is 14.5. The van der Waals surface area contributed by atoms with Gasteiger partial charge in [-0.3, -0.25) is 10.0 Å². The zero-order chi connectivity index (χ0) is 21.3. The van der Waals surface area contributed by atoms with Gasteiger partial charge in [0.2, 0.25) is 0 Å². The van der Waals surface area contributed by atoms with Crippen LogP contribution >= 0.6 is 0 Å². The normalized spacial score (nSPS) is 14.3. The fourth-order valence-electron chi connectivity index (χ4n) is 4.46. The third kappa shape index (κ3) is 3.99. The van der Waals surface area contributed by atoms with E-state index in [1.807, 2.05) is 12.1 Å². The van der Waals surface area contributed by atoms with Gasteiger partial charge in [0.15, 0.2) is 0 Å². The predicted octanol–water partition coefficient (Wildman–Crippen LogP) is 2.90. The zero-order valence-corrected chi connectivity index (χ0v) is 18.0. The maximum atomic E-state index is 11.6. The highest BCUT2D eigenvalue weighted by molar-refractivity contribution is 5.93. The molecule has 0 spiro atoms. The molecule has 0 fully saturated rings. The summed E-state index contributed by atoms with van der Waals surface area (Å²) in [6.07, 6.45) is 2.08. The average Bonchev–Trinajstić information content (AvgIpc) is 3.05. The van der Waals surface area contributed by atoms with Gasteiger partial charge in [-0.1, -0.05) is 24.3 Å². The van der Waals surface area contributed by atoms with Gasteiger partial charge in [0.05, 0.1) is 0 Å². The number of carbonyl (C=O) groups excluding carboxylic acids is 1. The molecule has 1 amide bonds. The number of likely N-dealkylation sites (N-methyl/N-ethyl adjacent to an activating group) is 2. The van der Waals surface area contributed by atoms with Gasteiger partial charge in [-0.15, -0.1) is 0 Å². The fraction of sp³-hybridized carbons (Fsp3) is 0.375. The summed E-state index contributed by atoms with van der Waals surface area (Å²) >= 11 is 0. The third-order valence-electron chi connectivity index (χ3n) is 6.04. The Morgan fingerprint density at radius 2 is 1.93 bits per heavy atom. The minimum absolute atomic E-state index is 0.452. The van der Waals surface area contributed by atoms with Crippen molar-refractivity contribution in [2.24, 2.45) is 0 Å². The van der Waals surface area contributed by atoms with Crippen LogP contribution in [0.15, 0.2) is 42.5 Å². The van der Waals surface area contributed by atoms with Gasteiger partial charge in [0.25, 0.3) is 5.91 Å². The number of aromatic nitrogens is 1. The van der Waals surface area contributed by atoms with Crippen molar-refractivity contribution in [1.82, 2.24) is 19.8 Å². The molecule has 2 aromatic carbocycles. The van der Waals surface area contributed by atoms with E-state index in [4.69, 9.17) is 5.21 Å². The summed E-state index contributed by atoms with van der Waals surface area (Å²) in [5.74, 6) is -0.487. The van der Waals surface area contributed by atoms with Crippen LogP contribution in [0, 0.1) is 0 Å². The van der Waals surface area contributed by atoms with Gasteiger partial charge in [0.1, 0.15) is 0 Å². The largest absolute Gasteiger partial charge is 0.340 e. The second-order valence-electron chi connectivity index (χ2n) is 8.50. The number of hydroxylamine groups is 1. The van der Waals surface area contributed by atoms with E-state index < -0.39 is 5.91 Å². The van der Waals surface area contributed by atoms with E-state index in [0.717, 1.165) is 44.6 Å². The Labute approximate surface area is 177 Å². The van der Waals surface area contributed by atoms with E-state index in [1.54, 1.807) is 17.6 Å². The monoisotopic (exact) mass is 406 g/mol. The number of nitrogens with one attached hydrogen (secondary N) is 1. The highest BCUT2D eigenvalue weighted by Crippen LogP contribution is 2.34. The molecule has 2 heterocycles. The van der Waals surface area contributed by atoms with Crippen LogP contribution in [0.1, 0.15) is 32.7 Å². The Bertz CT molecular complexity index is 1050. The van der Waals surface area contributed by atoms with Gasteiger partial charge in [0, 0.05) is 54.8 Å². The molecule has 0 aliphatic carbocycles.